The normalized spacial score (nSPS) is 15.7. The predicted molar refractivity (Wildman–Crippen MR) is 76.4 cm³/mol. The fourth-order valence-electron chi connectivity index (χ4n) is 2.18. The lowest BCUT2D eigenvalue weighted by molar-refractivity contribution is 1.09. The van der Waals surface area contributed by atoms with Crippen molar-refractivity contribution >= 4 is 23.0 Å². The fourth-order valence-corrected chi connectivity index (χ4v) is 2.31. The van der Waals surface area contributed by atoms with Gasteiger partial charge in [0.25, 0.3) is 0 Å². The molecule has 0 unspecified atom stereocenters. The molecule has 0 saturated carbocycles. The topological polar surface area (TPSA) is 24.4 Å². The summed E-state index contributed by atoms with van der Waals surface area (Å²) in [6.45, 7) is 0. The maximum Gasteiger partial charge on any atom is 0.0685 e. The molecule has 2 aromatic rings. The number of halogens is 1. The van der Waals surface area contributed by atoms with E-state index < -0.39 is 0 Å². The maximum atomic E-state index is 5.84. The van der Waals surface area contributed by atoms with E-state index in [1.54, 1.807) is 0 Å². The highest BCUT2D eigenvalue weighted by molar-refractivity contribution is 6.30. The summed E-state index contributed by atoms with van der Waals surface area (Å²) in [6, 6.07) is 16.0. The van der Waals surface area contributed by atoms with Gasteiger partial charge in [-0.15, -0.1) is 0 Å². The average Bonchev–Trinajstić information content (AvgIpc) is 2.82. The number of hydrazone groups is 1. The second-order valence-electron chi connectivity index (χ2n) is 4.33. The third-order valence-corrected chi connectivity index (χ3v) is 3.38. The first kappa shape index (κ1) is 11.3. The third-order valence-electron chi connectivity index (χ3n) is 3.12. The summed E-state index contributed by atoms with van der Waals surface area (Å²) < 4.78 is 0. The van der Waals surface area contributed by atoms with Crippen LogP contribution in [0.2, 0.25) is 5.02 Å². The minimum Gasteiger partial charge on any atom is -0.278 e. The Balaban J connectivity index is 1.80. The highest BCUT2D eigenvalue weighted by Crippen LogP contribution is 2.22. The van der Waals surface area contributed by atoms with Gasteiger partial charge in [-0.2, -0.15) is 5.10 Å². The molecule has 3 heteroatoms. The lowest BCUT2D eigenvalue weighted by atomic mass is 10.1. The second-order valence-corrected chi connectivity index (χ2v) is 4.77. The molecule has 90 valence electrons. The van der Waals surface area contributed by atoms with E-state index in [-0.39, 0.29) is 0 Å². The Hall–Kier alpha value is -1.80. The average molecular weight is 257 g/mol. The molecule has 0 amide bonds. The molecule has 0 saturated heterocycles. The number of hydrogen-bond donors (Lipinski definition) is 1. The first-order valence-corrected chi connectivity index (χ1v) is 6.37. The monoisotopic (exact) mass is 256 g/mol. The largest absolute Gasteiger partial charge is 0.278 e. The molecule has 0 fully saturated rings. The zero-order valence-electron chi connectivity index (χ0n) is 9.86. The standard InChI is InChI=1S/C15H13ClN2/c16-12-6-8-13(9-7-12)17-18-15-10-5-11-3-1-2-4-14(11)15/h1-4,6-9,17H,5,10H2/b18-15-. The van der Waals surface area contributed by atoms with Crippen molar-refractivity contribution in [1.82, 2.24) is 0 Å². The second kappa shape index (κ2) is 4.83. The number of nitrogens with one attached hydrogen (secondary N) is 1. The summed E-state index contributed by atoms with van der Waals surface area (Å²) in [5.41, 5.74) is 7.81. The van der Waals surface area contributed by atoms with Gasteiger partial charge in [0.2, 0.25) is 0 Å². The van der Waals surface area contributed by atoms with Crippen LogP contribution in [0.4, 0.5) is 5.69 Å². The summed E-state index contributed by atoms with van der Waals surface area (Å²) in [6.07, 6.45) is 2.08. The zero-order valence-corrected chi connectivity index (χ0v) is 10.6. The number of fused-ring (bicyclic) bond motifs is 1. The lowest BCUT2D eigenvalue weighted by Gasteiger charge is -2.03. The Morgan fingerprint density at radius 2 is 1.72 bits per heavy atom. The number of benzene rings is 2. The summed E-state index contributed by atoms with van der Waals surface area (Å²) >= 11 is 5.84. The number of hydrogen-bond acceptors (Lipinski definition) is 2. The number of anilines is 1. The van der Waals surface area contributed by atoms with Gasteiger partial charge in [-0.3, -0.25) is 5.43 Å². The Bertz CT molecular complexity index is 588. The predicted octanol–water partition coefficient (Wildman–Crippen LogP) is 4.10. The van der Waals surface area contributed by atoms with Gasteiger partial charge in [-0.1, -0.05) is 35.9 Å². The zero-order chi connectivity index (χ0) is 12.4. The Labute approximate surface area is 111 Å². The van der Waals surface area contributed by atoms with E-state index >= 15 is 0 Å². The van der Waals surface area contributed by atoms with Gasteiger partial charge in [0.05, 0.1) is 11.4 Å². The van der Waals surface area contributed by atoms with Crippen molar-refractivity contribution in [3.05, 3.63) is 64.7 Å². The molecule has 0 spiro atoms. The molecule has 0 atom stereocenters. The highest BCUT2D eigenvalue weighted by atomic mass is 35.5. The molecule has 0 bridgehead atoms. The lowest BCUT2D eigenvalue weighted by Crippen LogP contribution is -1.99. The van der Waals surface area contributed by atoms with E-state index in [4.69, 9.17) is 11.6 Å². The Morgan fingerprint density at radius 3 is 2.56 bits per heavy atom. The van der Waals surface area contributed by atoms with Crippen LogP contribution in [0.3, 0.4) is 0 Å². The molecule has 0 aromatic heterocycles. The first-order chi connectivity index (χ1) is 8.83. The summed E-state index contributed by atoms with van der Waals surface area (Å²) in [4.78, 5) is 0. The molecule has 0 aliphatic heterocycles. The van der Waals surface area contributed by atoms with Gasteiger partial charge < -0.3 is 0 Å². The number of nitrogens with zero attached hydrogens (tertiary/aromatic N) is 1. The summed E-state index contributed by atoms with van der Waals surface area (Å²) in [7, 11) is 0. The molecule has 1 aliphatic rings. The molecule has 1 N–H and O–H groups in total. The van der Waals surface area contributed by atoms with Crippen LogP contribution in [-0.4, -0.2) is 5.71 Å². The quantitative estimate of drug-likeness (QED) is 0.804. The van der Waals surface area contributed by atoms with Gasteiger partial charge in [-0.25, -0.2) is 0 Å². The molecule has 2 nitrogen and oxygen atoms in total. The van der Waals surface area contributed by atoms with Crippen molar-refractivity contribution in [3.8, 4) is 0 Å². The Kier molecular flexibility index (Phi) is 3.03. The van der Waals surface area contributed by atoms with Crippen LogP contribution in [-0.2, 0) is 6.42 Å². The number of aryl methyl sites for hydroxylation is 1. The van der Waals surface area contributed by atoms with E-state index in [0.29, 0.717) is 0 Å². The van der Waals surface area contributed by atoms with Crippen molar-refractivity contribution in [2.24, 2.45) is 5.10 Å². The molecule has 0 heterocycles. The van der Waals surface area contributed by atoms with Gasteiger partial charge in [0.15, 0.2) is 0 Å². The first-order valence-electron chi connectivity index (χ1n) is 5.99. The van der Waals surface area contributed by atoms with Gasteiger partial charge in [0.1, 0.15) is 0 Å². The van der Waals surface area contributed by atoms with E-state index in [1.165, 1.54) is 11.1 Å². The van der Waals surface area contributed by atoms with Crippen molar-refractivity contribution in [2.45, 2.75) is 12.8 Å². The summed E-state index contributed by atoms with van der Waals surface area (Å²) in [5.74, 6) is 0. The van der Waals surface area contributed by atoms with Gasteiger partial charge in [-0.05, 0) is 42.7 Å². The molecular weight excluding hydrogens is 244 g/mol. The fraction of sp³-hybridized carbons (Fsp3) is 0.133. The van der Waals surface area contributed by atoms with Crippen LogP contribution >= 0.6 is 11.6 Å². The van der Waals surface area contributed by atoms with Crippen LogP contribution in [0.5, 0.6) is 0 Å². The molecule has 0 radical (unpaired) electrons. The minimum absolute atomic E-state index is 0.736. The number of rotatable bonds is 2. The van der Waals surface area contributed by atoms with E-state index in [0.717, 1.165) is 29.3 Å². The van der Waals surface area contributed by atoms with Crippen LogP contribution in [0, 0.1) is 0 Å². The Morgan fingerprint density at radius 1 is 0.944 bits per heavy atom. The van der Waals surface area contributed by atoms with Crippen LogP contribution in [0.25, 0.3) is 0 Å². The highest BCUT2D eigenvalue weighted by Gasteiger charge is 2.16. The smallest absolute Gasteiger partial charge is 0.0685 e. The van der Waals surface area contributed by atoms with Gasteiger partial charge >= 0.3 is 0 Å². The van der Waals surface area contributed by atoms with E-state index in [1.807, 2.05) is 24.3 Å². The molecule has 18 heavy (non-hydrogen) atoms. The van der Waals surface area contributed by atoms with Crippen molar-refractivity contribution in [1.29, 1.82) is 0 Å². The van der Waals surface area contributed by atoms with Crippen LogP contribution < -0.4 is 5.43 Å². The van der Waals surface area contributed by atoms with Crippen LogP contribution in [0.15, 0.2) is 53.6 Å². The van der Waals surface area contributed by atoms with Crippen molar-refractivity contribution in [3.63, 3.8) is 0 Å². The van der Waals surface area contributed by atoms with Crippen molar-refractivity contribution in [2.75, 3.05) is 5.43 Å². The molecule has 2 aromatic carbocycles. The maximum absolute atomic E-state index is 5.84. The van der Waals surface area contributed by atoms with Crippen molar-refractivity contribution < 1.29 is 0 Å². The molecular formula is C15H13ClN2. The molecule has 1 aliphatic carbocycles. The third kappa shape index (κ3) is 2.24. The molecule has 3 rings (SSSR count). The van der Waals surface area contributed by atoms with E-state index in [2.05, 4.69) is 34.8 Å². The van der Waals surface area contributed by atoms with Gasteiger partial charge in [0, 0.05) is 10.6 Å². The SMILES string of the molecule is Clc1ccc(N/N=C2/CCc3ccccc32)cc1. The van der Waals surface area contributed by atoms with Crippen LogP contribution in [0.1, 0.15) is 17.5 Å². The summed E-state index contributed by atoms with van der Waals surface area (Å²) in [5, 5.41) is 5.22. The van der Waals surface area contributed by atoms with E-state index in [9.17, 15) is 0 Å². The minimum atomic E-state index is 0.736.